The second kappa shape index (κ2) is 13.6. The highest BCUT2D eigenvalue weighted by molar-refractivity contribution is 7.92. The smallest absolute Gasteiger partial charge is 0.264 e. The number of carbonyl (C=O) groups excluding carboxylic acids is 2. The number of nitrogens with one attached hydrogen (secondary N) is 1. The van der Waals surface area contributed by atoms with E-state index in [2.05, 4.69) is 5.32 Å². The highest BCUT2D eigenvalue weighted by Crippen LogP contribution is 2.35. The quantitative estimate of drug-likeness (QED) is 0.303. The number of aryl methyl sites for hydroxylation is 2. The number of benzene rings is 3. The Morgan fingerprint density at radius 2 is 1.69 bits per heavy atom. The van der Waals surface area contributed by atoms with Crippen molar-refractivity contribution < 1.29 is 22.7 Å². The number of halogens is 1. The lowest BCUT2D eigenvalue weighted by Gasteiger charge is -2.33. The molecule has 8 nitrogen and oxygen atoms in total. The van der Waals surface area contributed by atoms with Gasteiger partial charge in [0.15, 0.2) is 0 Å². The average Bonchev–Trinajstić information content (AvgIpc) is 3.48. The minimum absolute atomic E-state index is 0.0143. The monoisotopic (exact) mass is 611 g/mol. The molecular weight excluding hydrogens is 574 g/mol. The minimum atomic E-state index is -4.25. The molecule has 0 spiro atoms. The number of anilines is 1. The minimum Gasteiger partial charge on any atom is -0.495 e. The van der Waals surface area contributed by atoms with E-state index in [1.165, 1.54) is 30.2 Å². The lowest BCUT2D eigenvalue weighted by Crippen LogP contribution is -2.52. The number of methoxy groups -OCH3 is 1. The maximum Gasteiger partial charge on any atom is 0.264 e. The summed E-state index contributed by atoms with van der Waals surface area (Å²) in [5.41, 5.74) is 2.83. The van der Waals surface area contributed by atoms with Crippen molar-refractivity contribution in [3.05, 3.63) is 88.4 Å². The van der Waals surface area contributed by atoms with Crippen LogP contribution in [0.5, 0.6) is 5.75 Å². The van der Waals surface area contributed by atoms with Crippen LogP contribution in [-0.2, 0) is 26.2 Å². The fraction of sp³-hybridized carbons (Fsp3) is 0.375. The van der Waals surface area contributed by atoms with E-state index in [1.807, 2.05) is 38.1 Å². The third kappa shape index (κ3) is 7.25. The largest absolute Gasteiger partial charge is 0.495 e. The molecule has 0 heterocycles. The van der Waals surface area contributed by atoms with E-state index in [1.54, 1.807) is 31.2 Å². The normalized spacial score (nSPS) is 14.3. The van der Waals surface area contributed by atoms with Gasteiger partial charge in [-0.1, -0.05) is 66.4 Å². The Hall–Kier alpha value is -3.56. The van der Waals surface area contributed by atoms with Gasteiger partial charge in [0.1, 0.15) is 18.3 Å². The zero-order valence-electron chi connectivity index (χ0n) is 24.5. The number of hydrogen-bond acceptors (Lipinski definition) is 5. The Labute approximate surface area is 253 Å². The van der Waals surface area contributed by atoms with Crippen molar-refractivity contribution >= 4 is 39.1 Å². The molecule has 1 atom stereocenters. The lowest BCUT2D eigenvalue weighted by atomic mass is 10.1. The maximum absolute atomic E-state index is 14.2. The summed E-state index contributed by atoms with van der Waals surface area (Å²) < 4.78 is 34.7. The van der Waals surface area contributed by atoms with E-state index in [-0.39, 0.29) is 39.8 Å². The second-order valence-corrected chi connectivity index (χ2v) is 13.1. The van der Waals surface area contributed by atoms with Gasteiger partial charge in [-0.3, -0.25) is 13.9 Å². The number of hydrogen-bond donors (Lipinski definition) is 1. The molecule has 10 heteroatoms. The fourth-order valence-electron chi connectivity index (χ4n) is 5.15. The Bertz CT molecular complexity index is 1520. The average molecular weight is 612 g/mol. The number of nitrogens with zero attached hydrogens (tertiary/aromatic N) is 2. The molecule has 0 bridgehead atoms. The highest BCUT2D eigenvalue weighted by atomic mass is 35.5. The molecule has 0 aromatic heterocycles. The Morgan fingerprint density at radius 1 is 1.02 bits per heavy atom. The Balaban J connectivity index is 1.75. The van der Waals surface area contributed by atoms with Crippen LogP contribution in [0.15, 0.2) is 71.6 Å². The van der Waals surface area contributed by atoms with E-state index in [9.17, 15) is 18.0 Å². The molecule has 1 saturated carbocycles. The summed E-state index contributed by atoms with van der Waals surface area (Å²) >= 11 is 6.31. The third-order valence-corrected chi connectivity index (χ3v) is 9.78. The standard InChI is InChI=1S/C32H38ClN3O5S/c1-22-13-16-28(17-14-22)42(39,40)36(29-19-26(33)15-18-30(29)41-4)21-31(37)35(20-25-10-6-5-9-23(25)2)24(3)32(38)34-27-11-7-8-12-27/h5-6,9-10,13-19,24,27H,7-8,11-12,20-21H2,1-4H3,(H,34,38)/t24-/m1/s1. The van der Waals surface area contributed by atoms with Crippen LogP contribution >= 0.6 is 11.6 Å². The van der Waals surface area contributed by atoms with Crippen molar-refractivity contribution in [2.75, 3.05) is 18.0 Å². The van der Waals surface area contributed by atoms with Gasteiger partial charge in [-0.15, -0.1) is 0 Å². The van der Waals surface area contributed by atoms with Crippen molar-refractivity contribution in [1.29, 1.82) is 0 Å². The number of amides is 2. The molecule has 2 amide bonds. The SMILES string of the molecule is COc1ccc(Cl)cc1N(CC(=O)N(Cc1ccccc1C)[C@H](C)C(=O)NC1CCCC1)S(=O)(=O)c1ccc(C)cc1. The molecule has 3 aromatic carbocycles. The van der Waals surface area contributed by atoms with Gasteiger partial charge in [0.2, 0.25) is 11.8 Å². The summed E-state index contributed by atoms with van der Waals surface area (Å²) in [5.74, 6) is -0.567. The molecule has 0 saturated heterocycles. The van der Waals surface area contributed by atoms with E-state index in [0.29, 0.717) is 0 Å². The molecule has 4 rings (SSSR count). The second-order valence-electron chi connectivity index (χ2n) is 10.8. The van der Waals surface area contributed by atoms with Crippen LogP contribution in [-0.4, -0.2) is 50.9 Å². The number of carbonyl (C=O) groups is 2. The summed E-state index contributed by atoms with van der Waals surface area (Å²) in [7, 11) is -2.83. The predicted molar refractivity (Wildman–Crippen MR) is 165 cm³/mol. The van der Waals surface area contributed by atoms with Gasteiger partial charge in [0.05, 0.1) is 17.7 Å². The number of rotatable bonds is 11. The van der Waals surface area contributed by atoms with E-state index < -0.39 is 28.5 Å². The summed E-state index contributed by atoms with van der Waals surface area (Å²) in [6.07, 6.45) is 3.92. The van der Waals surface area contributed by atoms with Gasteiger partial charge in [-0.25, -0.2) is 8.42 Å². The molecule has 42 heavy (non-hydrogen) atoms. The van der Waals surface area contributed by atoms with Crippen molar-refractivity contribution in [1.82, 2.24) is 10.2 Å². The number of sulfonamides is 1. The predicted octanol–water partition coefficient (Wildman–Crippen LogP) is 5.64. The third-order valence-electron chi connectivity index (χ3n) is 7.77. The van der Waals surface area contributed by atoms with E-state index in [0.717, 1.165) is 46.7 Å². The molecule has 1 N–H and O–H groups in total. The van der Waals surface area contributed by atoms with Crippen molar-refractivity contribution in [2.45, 2.75) is 70.0 Å². The van der Waals surface area contributed by atoms with Crippen molar-refractivity contribution in [2.24, 2.45) is 0 Å². The van der Waals surface area contributed by atoms with Crippen LogP contribution < -0.4 is 14.4 Å². The number of ether oxygens (including phenoxy) is 1. The van der Waals surface area contributed by atoms with Crippen LogP contribution in [0.3, 0.4) is 0 Å². The summed E-state index contributed by atoms with van der Waals surface area (Å²) in [4.78, 5) is 29.1. The Morgan fingerprint density at radius 3 is 2.33 bits per heavy atom. The first-order valence-corrected chi connectivity index (χ1v) is 15.9. The molecule has 0 aliphatic heterocycles. The van der Waals surface area contributed by atoms with Gasteiger partial charge in [0, 0.05) is 17.6 Å². The van der Waals surface area contributed by atoms with Crippen LogP contribution in [0, 0.1) is 13.8 Å². The van der Waals surface area contributed by atoms with Gasteiger partial charge < -0.3 is 15.0 Å². The summed E-state index contributed by atoms with van der Waals surface area (Å²) in [6, 6.07) is 17.8. The van der Waals surface area contributed by atoms with E-state index >= 15 is 0 Å². The molecule has 224 valence electrons. The first kappa shape index (κ1) is 31.4. The van der Waals surface area contributed by atoms with Gasteiger partial charge in [-0.2, -0.15) is 0 Å². The maximum atomic E-state index is 14.2. The van der Waals surface area contributed by atoms with Crippen LogP contribution in [0.4, 0.5) is 5.69 Å². The summed E-state index contributed by atoms with van der Waals surface area (Å²) in [6.45, 7) is 5.04. The van der Waals surface area contributed by atoms with Crippen LogP contribution in [0.2, 0.25) is 5.02 Å². The van der Waals surface area contributed by atoms with Crippen LogP contribution in [0.1, 0.15) is 49.3 Å². The van der Waals surface area contributed by atoms with E-state index in [4.69, 9.17) is 16.3 Å². The molecule has 0 radical (unpaired) electrons. The topological polar surface area (TPSA) is 96.0 Å². The molecule has 0 unspecified atom stereocenters. The molecule has 1 aliphatic rings. The lowest BCUT2D eigenvalue weighted by molar-refractivity contribution is -0.139. The zero-order chi connectivity index (χ0) is 30.4. The first-order valence-electron chi connectivity index (χ1n) is 14.1. The van der Waals surface area contributed by atoms with Crippen molar-refractivity contribution in [3.8, 4) is 5.75 Å². The fourth-order valence-corrected chi connectivity index (χ4v) is 6.74. The van der Waals surface area contributed by atoms with Crippen LogP contribution in [0.25, 0.3) is 0 Å². The molecule has 3 aromatic rings. The molecular formula is C32H38ClN3O5S. The summed E-state index contributed by atoms with van der Waals surface area (Å²) in [5, 5.41) is 3.37. The first-order chi connectivity index (χ1) is 20.0. The van der Waals surface area contributed by atoms with Gasteiger partial charge in [-0.05, 0) is 75.1 Å². The van der Waals surface area contributed by atoms with Gasteiger partial charge >= 0.3 is 0 Å². The highest BCUT2D eigenvalue weighted by Gasteiger charge is 2.34. The Kier molecular flexibility index (Phi) is 10.2. The zero-order valence-corrected chi connectivity index (χ0v) is 26.0. The molecule has 1 aliphatic carbocycles. The van der Waals surface area contributed by atoms with Crippen molar-refractivity contribution in [3.63, 3.8) is 0 Å². The molecule has 1 fully saturated rings. The van der Waals surface area contributed by atoms with Gasteiger partial charge in [0.25, 0.3) is 10.0 Å².